The number of aromatic nitrogens is 5. The fourth-order valence-corrected chi connectivity index (χ4v) is 2.43. The Bertz CT molecular complexity index is 741. The van der Waals surface area contributed by atoms with Gasteiger partial charge in [0.2, 0.25) is 11.8 Å². The smallest absolute Gasteiger partial charge is 0.277 e. The number of pyridine rings is 1. The van der Waals surface area contributed by atoms with Crippen LogP contribution in [0.25, 0.3) is 11.5 Å². The molecule has 3 aromatic heterocycles. The Kier molecular flexibility index (Phi) is 4.19. The first-order chi connectivity index (χ1) is 10.6. The van der Waals surface area contributed by atoms with Gasteiger partial charge in [-0.15, -0.1) is 10.2 Å². The molecule has 3 heterocycles. The minimum Gasteiger partial charge on any atom is -0.411 e. The monoisotopic (exact) mass is 317 g/mol. The van der Waals surface area contributed by atoms with E-state index in [0.717, 1.165) is 5.56 Å². The molecular formula is C14H15N5O2S. The molecule has 8 heteroatoms. The molecule has 0 saturated heterocycles. The molecule has 0 aliphatic carbocycles. The molecule has 7 nitrogen and oxygen atoms in total. The van der Waals surface area contributed by atoms with Crippen LogP contribution in [-0.2, 0) is 0 Å². The van der Waals surface area contributed by atoms with E-state index >= 15 is 0 Å². The van der Waals surface area contributed by atoms with Gasteiger partial charge in [-0.2, -0.15) is 4.98 Å². The second kappa shape index (κ2) is 6.27. The molecule has 0 aliphatic rings. The molecule has 0 fully saturated rings. The van der Waals surface area contributed by atoms with Crippen LogP contribution in [0.15, 0.2) is 38.7 Å². The molecule has 1 atom stereocenters. The second-order valence-electron chi connectivity index (χ2n) is 5.02. The van der Waals surface area contributed by atoms with E-state index in [2.05, 4.69) is 25.3 Å². The predicted molar refractivity (Wildman–Crippen MR) is 80.2 cm³/mol. The lowest BCUT2D eigenvalue weighted by Crippen LogP contribution is -1.92. The van der Waals surface area contributed by atoms with E-state index in [1.54, 1.807) is 12.4 Å². The van der Waals surface area contributed by atoms with Crippen molar-refractivity contribution in [2.24, 2.45) is 0 Å². The first-order valence-corrected chi connectivity index (χ1v) is 7.75. The number of nitrogens with zero attached hydrogens (tertiary/aromatic N) is 5. The topological polar surface area (TPSA) is 90.7 Å². The summed E-state index contributed by atoms with van der Waals surface area (Å²) in [5.41, 5.74) is 0.786. The largest absolute Gasteiger partial charge is 0.411 e. The third-order valence-electron chi connectivity index (χ3n) is 2.91. The maximum Gasteiger partial charge on any atom is 0.277 e. The van der Waals surface area contributed by atoms with Gasteiger partial charge in [0.1, 0.15) is 0 Å². The second-order valence-corrected chi connectivity index (χ2v) is 6.31. The fourth-order valence-electron chi connectivity index (χ4n) is 1.71. The van der Waals surface area contributed by atoms with Crippen LogP contribution in [0.1, 0.15) is 43.7 Å². The zero-order valence-electron chi connectivity index (χ0n) is 12.4. The molecule has 0 amide bonds. The van der Waals surface area contributed by atoms with Crippen molar-refractivity contribution in [3.63, 3.8) is 0 Å². The van der Waals surface area contributed by atoms with Crippen molar-refractivity contribution in [2.75, 3.05) is 0 Å². The lowest BCUT2D eigenvalue weighted by Gasteiger charge is -2.01. The standard InChI is InChI=1S/C14H15N5O2S/c1-8(2)11-16-12(21-19-11)9(3)22-14-18-17-13(20-14)10-5-4-6-15-7-10/h4-9H,1-3H3/t9-/m0/s1. The minimum atomic E-state index is -0.0674. The highest BCUT2D eigenvalue weighted by molar-refractivity contribution is 7.99. The summed E-state index contributed by atoms with van der Waals surface area (Å²) in [7, 11) is 0. The van der Waals surface area contributed by atoms with Crippen molar-refractivity contribution >= 4 is 11.8 Å². The summed E-state index contributed by atoms with van der Waals surface area (Å²) in [5.74, 6) is 1.92. The van der Waals surface area contributed by atoms with E-state index in [4.69, 9.17) is 8.94 Å². The normalized spacial score (nSPS) is 12.7. The predicted octanol–water partition coefficient (Wildman–Crippen LogP) is 3.49. The van der Waals surface area contributed by atoms with Crippen molar-refractivity contribution < 1.29 is 8.94 Å². The van der Waals surface area contributed by atoms with Crippen LogP contribution in [0.5, 0.6) is 0 Å². The van der Waals surface area contributed by atoms with Gasteiger partial charge < -0.3 is 8.94 Å². The fraction of sp³-hybridized carbons (Fsp3) is 0.357. The van der Waals surface area contributed by atoms with Crippen LogP contribution in [0.3, 0.4) is 0 Å². The zero-order valence-corrected chi connectivity index (χ0v) is 13.2. The maximum absolute atomic E-state index is 5.63. The molecule has 3 aromatic rings. The van der Waals surface area contributed by atoms with Crippen molar-refractivity contribution in [1.82, 2.24) is 25.3 Å². The lowest BCUT2D eigenvalue weighted by molar-refractivity contribution is 0.372. The zero-order chi connectivity index (χ0) is 15.5. The highest BCUT2D eigenvalue weighted by Gasteiger charge is 2.20. The van der Waals surface area contributed by atoms with Gasteiger partial charge in [-0.1, -0.05) is 30.8 Å². The van der Waals surface area contributed by atoms with Gasteiger partial charge >= 0.3 is 0 Å². The van der Waals surface area contributed by atoms with Gasteiger partial charge in [0.15, 0.2) is 5.82 Å². The SMILES string of the molecule is CC(C)c1noc([C@H](C)Sc2nnc(-c3cccnc3)o2)n1. The molecule has 0 aromatic carbocycles. The van der Waals surface area contributed by atoms with Gasteiger partial charge in [-0.05, 0) is 19.1 Å². The van der Waals surface area contributed by atoms with Crippen molar-refractivity contribution in [3.8, 4) is 11.5 Å². The summed E-state index contributed by atoms with van der Waals surface area (Å²) in [6.45, 7) is 5.99. The molecule has 0 saturated carbocycles. The minimum absolute atomic E-state index is 0.0674. The average molecular weight is 317 g/mol. The van der Waals surface area contributed by atoms with E-state index < -0.39 is 0 Å². The quantitative estimate of drug-likeness (QED) is 0.660. The molecule has 0 unspecified atom stereocenters. The summed E-state index contributed by atoms with van der Waals surface area (Å²) < 4.78 is 10.9. The van der Waals surface area contributed by atoms with Gasteiger partial charge in [-0.3, -0.25) is 4.98 Å². The Morgan fingerprint density at radius 2 is 2.05 bits per heavy atom. The summed E-state index contributed by atoms with van der Waals surface area (Å²) >= 11 is 1.38. The van der Waals surface area contributed by atoms with E-state index in [9.17, 15) is 0 Å². The van der Waals surface area contributed by atoms with Crippen LogP contribution in [0, 0.1) is 0 Å². The summed E-state index contributed by atoms with van der Waals surface area (Å²) in [6.07, 6.45) is 3.37. The molecule has 3 rings (SSSR count). The Hall–Kier alpha value is -2.22. The Morgan fingerprint density at radius 3 is 2.73 bits per heavy atom. The molecule has 114 valence electrons. The number of thioether (sulfide) groups is 1. The number of hydrogen-bond donors (Lipinski definition) is 0. The van der Waals surface area contributed by atoms with E-state index in [1.165, 1.54) is 11.8 Å². The Morgan fingerprint density at radius 1 is 1.18 bits per heavy atom. The van der Waals surface area contributed by atoms with Crippen LogP contribution in [0.4, 0.5) is 0 Å². The average Bonchev–Trinajstić information content (AvgIpc) is 3.17. The van der Waals surface area contributed by atoms with Crippen LogP contribution >= 0.6 is 11.8 Å². The van der Waals surface area contributed by atoms with E-state index in [-0.39, 0.29) is 11.2 Å². The molecule has 0 radical (unpaired) electrons. The molecular weight excluding hydrogens is 302 g/mol. The molecule has 0 aliphatic heterocycles. The Labute approximate surface area is 131 Å². The third-order valence-corrected chi connectivity index (χ3v) is 3.84. The third kappa shape index (κ3) is 3.16. The van der Waals surface area contributed by atoms with Crippen LogP contribution in [0.2, 0.25) is 0 Å². The number of rotatable bonds is 5. The van der Waals surface area contributed by atoms with Crippen molar-refractivity contribution in [1.29, 1.82) is 0 Å². The highest BCUT2D eigenvalue weighted by Crippen LogP contribution is 2.34. The molecule has 22 heavy (non-hydrogen) atoms. The lowest BCUT2D eigenvalue weighted by atomic mass is 10.2. The number of hydrogen-bond acceptors (Lipinski definition) is 8. The summed E-state index contributed by atoms with van der Waals surface area (Å²) in [4.78, 5) is 8.40. The van der Waals surface area contributed by atoms with Crippen molar-refractivity contribution in [3.05, 3.63) is 36.2 Å². The molecule has 0 bridgehead atoms. The summed E-state index contributed by atoms with van der Waals surface area (Å²) in [6, 6.07) is 3.69. The van der Waals surface area contributed by atoms with E-state index in [0.29, 0.717) is 22.8 Å². The molecule has 0 N–H and O–H groups in total. The first-order valence-electron chi connectivity index (χ1n) is 6.87. The highest BCUT2D eigenvalue weighted by atomic mass is 32.2. The maximum atomic E-state index is 5.63. The van der Waals surface area contributed by atoms with Crippen LogP contribution in [-0.4, -0.2) is 25.3 Å². The Balaban J connectivity index is 1.71. The van der Waals surface area contributed by atoms with Gasteiger partial charge in [0, 0.05) is 18.3 Å². The summed E-state index contributed by atoms with van der Waals surface area (Å²) in [5, 5.41) is 12.4. The van der Waals surface area contributed by atoms with Gasteiger partial charge in [0.05, 0.1) is 10.8 Å². The van der Waals surface area contributed by atoms with Crippen LogP contribution < -0.4 is 0 Å². The first kappa shape index (κ1) is 14.7. The van der Waals surface area contributed by atoms with E-state index in [1.807, 2.05) is 32.9 Å². The van der Waals surface area contributed by atoms with Crippen molar-refractivity contribution in [2.45, 2.75) is 37.2 Å². The van der Waals surface area contributed by atoms with Gasteiger partial charge in [0.25, 0.3) is 5.22 Å². The van der Waals surface area contributed by atoms with Gasteiger partial charge in [-0.25, -0.2) is 0 Å². The molecule has 0 spiro atoms.